The molecule has 0 unspecified atom stereocenters. The van der Waals surface area contributed by atoms with E-state index in [-0.39, 0.29) is 0 Å². The minimum atomic E-state index is 0.650. The molecule has 0 aromatic carbocycles. The van der Waals surface area contributed by atoms with E-state index in [1.807, 2.05) is 0 Å². The molecule has 0 aliphatic rings. The number of nitrogens with zero attached hydrogens (tertiary/aromatic N) is 4. The molecule has 2 heterocycles. The van der Waals surface area contributed by atoms with Crippen LogP contribution < -0.4 is 0 Å². The number of hydrogen-bond donors (Lipinski definition) is 0. The summed E-state index contributed by atoms with van der Waals surface area (Å²) in [4.78, 5) is 0. The molecule has 0 spiro atoms. The Morgan fingerprint density at radius 2 is 2.20 bits per heavy atom. The van der Waals surface area contributed by atoms with Crippen LogP contribution >= 0.6 is 0 Å². The molecule has 0 saturated carbocycles. The number of fused-ring (bicyclic) bond motifs is 1. The van der Waals surface area contributed by atoms with Gasteiger partial charge in [0, 0.05) is 6.07 Å². The van der Waals surface area contributed by atoms with Crippen molar-refractivity contribution < 1.29 is 0 Å². The highest BCUT2D eigenvalue weighted by molar-refractivity contribution is 5.70. The van der Waals surface area contributed by atoms with Crippen LogP contribution in [0.4, 0.5) is 0 Å². The first kappa shape index (κ1) is 5.22. The van der Waals surface area contributed by atoms with Crippen LogP contribution in [0.1, 0.15) is 0 Å². The topological polar surface area (TPSA) is 51.6 Å². The molecule has 4 heteroatoms. The van der Waals surface area contributed by atoms with E-state index >= 15 is 0 Å². The van der Waals surface area contributed by atoms with Gasteiger partial charge >= 0.3 is 0 Å². The van der Waals surface area contributed by atoms with Gasteiger partial charge in [-0.15, -0.1) is 10.2 Å². The molecule has 47 valence electrons. The monoisotopic (exact) mass is 131 g/mol. The van der Waals surface area contributed by atoms with Crippen molar-refractivity contribution in [3.8, 4) is 0 Å². The van der Waals surface area contributed by atoms with E-state index in [9.17, 15) is 0 Å². The van der Waals surface area contributed by atoms with Gasteiger partial charge in [0.25, 0.3) is 0 Å². The second kappa shape index (κ2) is 1.98. The third-order valence-electron chi connectivity index (χ3n) is 1.12. The lowest BCUT2D eigenvalue weighted by atomic mass is 10.4. The van der Waals surface area contributed by atoms with E-state index < -0.39 is 0 Å². The molecular weight excluding hydrogens is 128 g/mol. The minimum absolute atomic E-state index is 0.650. The average molecular weight is 131 g/mol. The molecule has 1 radical (unpaired) electrons. The predicted octanol–water partition coefficient (Wildman–Crippen LogP) is 0.220. The maximum Gasteiger partial charge on any atom is 0.123 e. The Hall–Kier alpha value is -1.58. The van der Waals surface area contributed by atoms with Crippen LogP contribution in [0.2, 0.25) is 0 Å². The summed E-state index contributed by atoms with van der Waals surface area (Å²) in [6, 6.07) is 4.55. The van der Waals surface area contributed by atoms with Gasteiger partial charge in [-0.2, -0.15) is 10.2 Å². The molecular formula is C6H3N4. The summed E-state index contributed by atoms with van der Waals surface area (Å²) in [5.41, 5.74) is 1.37. The zero-order valence-electron chi connectivity index (χ0n) is 5.02. The Bertz CT molecular complexity index is 281. The summed E-state index contributed by atoms with van der Waals surface area (Å²) in [6.07, 6.45) is 3.04. The first-order chi connectivity index (χ1) is 4.97. The second-order valence-corrected chi connectivity index (χ2v) is 1.75. The summed E-state index contributed by atoms with van der Waals surface area (Å²) in [6.45, 7) is 0. The van der Waals surface area contributed by atoms with Crippen molar-refractivity contribution in [2.24, 2.45) is 0 Å². The summed E-state index contributed by atoms with van der Waals surface area (Å²) >= 11 is 0. The fourth-order valence-electron chi connectivity index (χ4n) is 0.690. The summed E-state index contributed by atoms with van der Waals surface area (Å²) < 4.78 is 0. The first-order valence-corrected chi connectivity index (χ1v) is 2.77. The van der Waals surface area contributed by atoms with E-state index in [1.165, 1.54) is 6.20 Å². The third kappa shape index (κ3) is 0.699. The van der Waals surface area contributed by atoms with Crippen LogP contribution in [0.15, 0.2) is 18.5 Å². The van der Waals surface area contributed by atoms with Crippen LogP contribution in [-0.2, 0) is 0 Å². The number of rotatable bonds is 0. The molecule has 0 atom stereocenters. The summed E-state index contributed by atoms with van der Waals surface area (Å²) in [7, 11) is 0. The van der Waals surface area contributed by atoms with Crippen molar-refractivity contribution in [1.82, 2.24) is 20.4 Å². The van der Waals surface area contributed by atoms with Gasteiger partial charge in [0.2, 0.25) is 0 Å². The van der Waals surface area contributed by atoms with Crippen molar-refractivity contribution in [2.45, 2.75) is 0 Å². The molecule has 0 N–H and O–H groups in total. The molecule has 0 amide bonds. The Balaban J connectivity index is 2.89. The molecule has 0 fully saturated rings. The van der Waals surface area contributed by atoms with E-state index in [4.69, 9.17) is 0 Å². The van der Waals surface area contributed by atoms with Crippen molar-refractivity contribution in [2.75, 3.05) is 0 Å². The number of hydrogen-bond acceptors (Lipinski definition) is 4. The van der Waals surface area contributed by atoms with Gasteiger partial charge < -0.3 is 0 Å². The molecule has 2 aromatic rings. The average Bonchev–Trinajstić information content (AvgIpc) is 2.05. The van der Waals surface area contributed by atoms with Gasteiger partial charge in [0.1, 0.15) is 11.0 Å². The molecule has 2 aromatic heterocycles. The zero-order valence-corrected chi connectivity index (χ0v) is 5.02. The van der Waals surface area contributed by atoms with Gasteiger partial charge in [-0.3, -0.25) is 0 Å². The smallest absolute Gasteiger partial charge is 0.123 e. The lowest BCUT2D eigenvalue weighted by molar-refractivity contribution is 1.02. The lowest BCUT2D eigenvalue weighted by Gasteiger charge is -1.87. The third-order valence-corrected chi connectivity index (χ3v) is 1.12. The van der Waals surface area contributed by atoms with Crippen LogP contribution in [0.3, 0.4) is 0 Å². The second-order valence-electron chi connectivity index (χ2n) is 1.75. The fourth-order valence-corrected chi connectivity index (χ4v) is 0.690. The highest BCUT2D eigenvalue weighted by Crippen LogP contribution is 2.00. The molecule has 4 nitrogen and oxygen atoms in total. The molecule has 0 aliphatic heterocycles. The van der Waals surface area contributed by atoms with E-state index in [0.717, 1.165) is 5.52 Å². The van der Waals surface area contributed by atoms with Crippen molar-refractivity contribution in [3.05, 3.63) is 24.5 Å². The summed E-state index contributed by atoms with van der Waals surface area (Å²) in [5, 5.41) is 14.9. The van der Waals surface area contributed by atoms with Crippen molar-refractivity contribution in [3.63, 3.8) is 0 Å². The van der Waals surface area contributed by atoms with E-state index in [0.29, 0.717) is 5.52 Å². The van der Waals surface area contributed by atoms with Gasteiger partial charge in [-0.1, -0.05) is 0 Å². The van der Waals surface area contributed by atoms with Crippen LogP contribution in [-0.4, -0.2) is 20.4 Å². The molecule has 0 bridgehead atoms. The molecule has 10 heavy (non-hydrogen) atoms. The Kier molecular flexibility index (Phi) is 1.04. The molecule has 2 rings (SSSR count). The van der Waals surface area contributed by atoms with Gasteiger partial charge in [0.15, 0.2) is 0 Å². The van der Waals surface area contributed by atoms with E-state index in [1.54, 1.807) is 12.3 Å². The van der Waals surface area contributed by atoms with Crippen molar-refractivity contribution in [1.29, 1.82) is 0 Å². The quantitative estimate of drug-likeness (QED) is 0.513. The largest absolute Gasteiger partial charge is 0.158 e. The first-order valence-electron chi connectivity index (χ1n) is 2.77. The maximum atomic E-state index is 3.80. The normalized spacial score (nSPS) is 10.0. The Labute approximate surface area is 56.9 Å². The zero-order chi connectivity index (χ0) is 6.81. The number of aromatic nitrogens is 4. The van der Waals surface area contributed by atoms with Gasteiger partial charge in [-0.25, -0.2) is 0 Å². The standard InChI is InChI=1S/C6H3N4/c1-3-7-10-6-2-4-8-9-5(1)6/h1,3-4H. The maximum absolute atomic E-state index is 3.80. The SMILES string of the molecule is [c]1cnnc2ccnnc12. The van der Waals surface area contributed by atoms with E-state index in [2.05, 4.69) is 26.5 Å². The molecule has 0 saturated heterocycles. The van der Waals surface area contributed by atoms with Crippen molar-refractivity contribution >= 4 is 11.0 Å². The minimum Gasteiger partial charge on any atom is -0.158 e. The van der Waals surface area contributed by atoms with Gasteiger partial charge in [-0.05, 0) is 6.07 Å². The van der Waals surface area contributed by atoms with Gasteiger partial charge in [0.05, 0.1) is 12.4 Å². The fraction of sp³-hybridized carbons (Fsp3) is 0. The predicted molar refractivity (Wildman–Crippen MR) is 34.0 cm³/mol. The Morgan fingerprint density at radius 1 is 1.20 bits per heavy atom. The highest BCUT2D eigenvalue weighted by atomic mass is 15.1. The highest BCUT2D eigenvalue weighted by Gasteiger charge is 1.91. The Morgan fingerprint density at radius 3 is 3.10 bits per heavy atom. The van der Waals surface area contributed by atoms with Crippen LogP contribution in [0, 0.1) is 6.07 Å². The molecule has 0 aliphatic carbocycles. The lowest BCUT2D eigenvalue weighted by Crippen LogP contribution is -1.86. The summed E-state index contributed by atoms with van der Waals surface area (Å²) in [5.74, 6) is 0. The van der Waals surface area contributed by atoms with Crippen LogP contribution in [0.5, 0.6) is 0 Å². The van der Waals surface area contributed by atoms with Crippen LogP contribution in [0.25, 0.3) is 11.0 Å².